The number of nitrogens with zero attached hydrogens (tertiary/aromatic N) is 1. The van der Waals surface area contributed by atoms with Crippen molar-refractivity contribution in [2.75, 3.05) is 14.1 Å². The predicted molar refractivity (Wildman–Crippen MR) is 96.3 cm³/mol. The largest absolute Gasteiger partial charge is 0.350 e. The Hall–Kier alpha value is -2.60. The van der Waals surface area contributed by atoms with Crippen LogP contribution in [-0.4, -0.2) is 41.8 Å². The van der Waals surface area contributed by atoms with Crippen LogP contribution in [-0.2, 0) is 11.2 Å². The van der Waals surface area contributed by atoms with Crippen molar-refractivity contribution in [3.05, 3.63) is 59.1 Å². The van der Waals surface area contributed by atoms with E-state index in [0.29, 0.717) is 12.1 Å². The molecule has 124 valence electrons. The number of carbonyl (C=O) groups is 2. The van der Waals surface area contributed by atoms with Gasteiger partial charge in [0.2, 0.25) is 5.91 Å². The average Bonchev–Trinajstić information content (AvgIpc) is 3.16. The third-order valence-corrected chi connectivity index (χ3v) is 4.68. The topological polar surface area (TPSA) is 65.2 Å². The number of H-pyrrole nitrogens is 1. The summed E-state index contributed by atoms with van der Waals surface area (Å²) in [6, 6.07) is 12.8. The van der Waals surface area contributed by atoms with Crippen molar-refractivity contribution in [1.82, 2.24) is 15.2 Å². The molecule has 2 heterocycles. The molecule has 0 saturated heterocycles. The standard InChI is InChI=1S/C18H19N3O2S/c1-21(2)18(23)15(10-12-6-4-3-5-7-12)20-17(22)14-11-16-13(19-14)8-9-24-16/h3-9,11,15,19H,10H2,1-2H3,(H,20,22)/t15-/m0/s1. The normalized spacial score (nSPS) is 12.1. The fourth-order valence-corrected chi connectivity index (χ4v) is 3.35. The van der Waals surface area contributed by atoms with Crippen molar-refractivity contribution < 1.29 is 9.59 Å². The van der Waals surface area contributed by atoms with Gasteiger partial charge in [0.05, 0.1) is 10.2 Å². The number of hydrogen-bond acceptors (Lipinski definition) is 3. The van der Waals surface area contributed by atoms with Gasteiger partial charge in [0.1, 0.15) is 11.7 Å². The fourth-order valence-electron chi connectivity index (χ4n) is 2.57. The highest BCUT2D eigenvalue weighted by Crippen LogP contribution is 2.21. The highest BCUT2D eigenvalue weighted by Gasteiger charge is 2.24. The number of nitrogens with one attached hydrogen (secondary N) is 2. The molecular weight excluding hydrogens is 322 g/mol. The van der Waals surface area contributed by atoms with Crippen LogP contribution in [0.1, 0.15) is 16.1 Å². The monoisotopic (exact) mass is 341 g/mol. The molecule has 0 radical (unpaired) electrons. The molecule has 0 saturated carbocycles. The lowest BCUT2D eigenvalue weighted by atomic mass is 10.0. The van der Waals surface area contributed by atoms with Crippen LogP contribution in [0, 0.1) is 0 Å². The number of rotatable bonds is 5. The van der Waals surface area contributed by atoms with Gasteiger partial charge in [-0.1, -0.05) is 30.3 Å². The van der Waals surface area contributed by atoms with Gasteiger partial charge < -0.3 is 15.2 Å². The van der Waals surface area contributed by atoms with Crippen molar-refractivity contribution >= 4 is 33.4 Å². The molecule has 0 aliphatic heterocycles. The molecule has 1 aromatic carbocycles. The minimum absolute atomic E-state index is 0.124. The van der Waals surface area contributed by atoms with E-state index in [2.05, 4.69) is 10.3 Å². The van der Waals surface area contributed by atoms with E-state index in [0.717, 1.165) is 15.8 Å². The number of aromatic amines is 1. The number of likely N-dealkylation sites (N-methyl/N-ethyl adjacent to an activating group) is 1. The maximum atomic E-state index is 12.5. The molecule has 3 aromatic rings. The van der Waals surface area contributed by atoms with Crippen LogP contribution < -0.4 is 5.32 Å². The number of thiophene rings is 1. The second-order valence-electron chi connectivity index (χ2n) is 5.83. The maximum Gasteiger partial charge on any atom is 0.268 e. The van der Waals surface area contributed by atoms with E-state index in [1.807, 2.05) is 47.8 Å². The lowest BCUT2D eigenvalue weighted by Gasteiger charge is -2.21. The summed E-state index contributed by atoms with van der Waals surface area (Å²) in [7, 11) is 3.38. The number of hydrogen-bond donors (Lipinski definition) is 2. The van der Waals surface area contributed by atoms with Gasteiger partial charge >= 0.3 is 0 Å². The Morgan fingerprint density at radius 2 is 1.96 bits per heavy atom. The molecule has 0 aliphatic rings. The van der Waals surface area contributed by atoms with E-state index in [4.69, 9.17) is 0 Å². The number of benzene rings is 1. The first-order valence-corrected chi connectivity index (χ1v) is 8.54. The first-order chi connectivity index (χ1) is 11.5. The van der Waals surface area contributed by atoms with E-state index in [1.165, 1.54) is 4.90 Å². The van der Waals surface area contributed by atoms with Crippen molar-refractivity contribution in [2.24, 2.45) is 0 Å². The van der Waals surface area contributed by atoms with Crippen molar-refractivity contribution in [2.45, 2.75) is 12.5 Å². The van der Waals surface area contributed by atoms with Crippen molar-refractivity contribution in [3.63, 3.8) is 0 Å². The van der Waals surface area contributed by atoms with Crippen molar-refractivity contribution in [1.29, 1.82) is 0 Å². The van der Waals surface area contributed by atoms with E-state index in [-0.39, 0.29) is 11.8 Å². The summed E-state index contributed by atoms with van der Waals surface area (Å²) in [5.74, 6) is -0.393. The summed E-state index contributed by atoms with van der Waals surface area (Å²) >= 11 is 1.57. The lowest BCUT2D eigenvalue weighted by molar-refractivity contribution is -0.130. The summed E-state index contributed by atoms with van der Waals surface area (Å²) in [4.78, 5) is 29.6. The third kappa shape index (κ3) is 3.49. The van der Waals surface area contributed by atoms with Crippen LogP contribution in [0.4, 0.5) is 0 Å². The molecule has 6 heteroatoms. The maximum absolute atomic E-state index is 12.5. The van der Waals surface area contributed by atoms with Crippen LogP contribution in [0.2, 0.25) is 0 Å². The molecule has 0 aliphatic carbocycles. The quantitative estimate of drug-likeness (QED) is 0.749. The molecule has 0 bridgehead atoms. The second kappa shape index (κ2) is 6.88. The molecule has 0 fully saturated rings. The van der Waals surface area contributed by atoms with Gasteiger partial charge in [-0.2, -0.15) is 0 Å². The highest BCUT2D eigenvalue weighted by atomic mass is 32.1. The van der Waals surface area contributed by atoms with Gasteiger partial charge in [0.25, 0.3) is 5.91 Å². The first-order valence-electron chi connectivity index (χ1n) is 7.67. The predicted octanol–water partition coefficient (Wildman–Crippen LogP) is 2.66. The molecule has 24 heavy (non-hydrogen) atoms. The van der Waals surface area contributed by atoms with Crippen LogP contribution in [0.25, 0.3) is 10.2 Å². The van der Waals surface area contributed by atoms with Gasteiger partial charge in [-0.15, -0.1) is 11.3 Å². The van der Waals surface area contributed by atoms with E-state index >= 15 is 0 Å². The van der Waals surface area contributed by atoms with Gasteiger partial charge in [-0.25, -0.2) is 0 Å². The molecule has 2 N–H and O–H groups in total. The van der Waals surface area contributed by atoms with Gasteiger partial charge in [-0.3, -0.25) is 9.59 Å². The van der Waals surface area contributed by atoms with Gasteiger partial charge in [0.15, 0.2) is 0 Å². The highest BCUT2D eigenvalue weighted by molar-refractivity contribution is 7.17. The van der Waals surface area contributed by atoms with E-state index in [9.17, 15) is 9.59 Å². The Kier molecular flexibility index (Phi) is 4.66. The zero-order valence-electron chi connectivity index (χ0n) is 13.6. The molecule has 2 aromatic heterocycles. The second-order valence-corrected chi connectivity index (χ2v) is 6.78. The van der Waals surface area contributed by atoms with Crippen LogP contribution >= 0.6 is 11.3 Å². The third-order valence-electron chi connectivity index (χ3n) is 3.81. The number of aromatic nitrogens is 1. The molecule has 5 nitrogen and oxygen atoms in total. The Labute approximate surface area is 144 Å². The summed E-state index contributed by atoms with van der Waals surface area (Å²) in [6.45, 7) is 0. The van der Waals surface area contributed by atoms with Crippen LogP contribution in [0.3, 0.4) is 0 Å². The molecule has 1 atom stereocenters. The smallest absolute Gasteiger partial charge is 0.268 e. The zero-order valence-corrected chi connectivity index (χ0v) is 14.4. The van der Waals surface area contributed by atoms with Crippen LogP contribution in [0.5, 0.6) is 0 Å². The fraction of sp³-hybridized carbons (Fsp3) is 0.222. The summed E-state index contributed by atoms with van der Waals surface area (Å²) in [5, 5.41) is 4.83. The van der Waals surface area contributed by atoms with E-state index in [1.54, 1.807) is 25.4 Å². The number of fused-ring (bicyclic) bond motifs is 1. The minimum atomic E-state index is -0.601. The molecule has 2 amide bonds. The Bertz CT molecular complexity index is 823. The molecule has 3 rings (SSSR count). The molecule has 0 unspecified atom stereocenters. The molecule has 0 spiro atoms. The van der Waals surface area contributed by atoms with Gasteiger partial charge in [-0.05, 0) is 23.1 Å². The first kappa shape index (κ1) is 16.3. The summed E-state index contributed by atoms with van der Waals surface area (Å²) < 4.78 is 1.03. The Balaban J connectivity index is 1.78. The summed E-state index contributed by atoms with van der Waals surface area (Å²) in [5.41, 5.74) is 2.41. The SMILES string of the molecule is CN(C)C(=O)[C@H](Cc1ccccc1)NC(=O)c1cc2sccc2[nH]1. The number of carbonyl (C=O) groups excluding carboxylic acids is 2. The van der Waals surface area contributed by atoms with E-state index < -0.39 is 6.04 Å². The van der Waals surface area contributed by atoms with Crippen LogP contribution in [0.15, 0.2) is 47.8 Å². The van der Waals surface area contributed by atoms with Crippen molar-refractivity contribution in [3.8, 4) is 0 Å². The van der Waals surface area contributed by atoms with Gasteiger partial charge in [0, 0.05) is 20.5 Å². The average molecular weight is 341 g/mol. The number of amides is 2. The minimum Gasteiger partial charge on any atom is -0.350 e. The summed E-state index contributed by atoms with van der Waals surface area (Å²) in [6.07, 6.45) is 0.457. The molecular formula is C18H19N3O2S. The lowest BCUT2D eigenvalue weighted by Crippen LogP contribution is -2.47. The zero-order chi connectivity index (χ0) is 17.1. The Morgan fingerprint density at radius 3 is 2.62 bits per heavy atom. The Morgan fingerprint density at radius 1 is 1.21 bits per heavy atom.